The summed E-state index contributed by atoms with van der Waals surface area (Å²) in [5.74, 6) is 0. The van der Waals surface area contributed by atoms with Crippen LogP contribution in [0.2, 0.25) is 0 Å². The summed E-state index contributed by atoms with van der Waals surface area (Å²) in [5.41, 5.74) is 0. The zero-order valence-electron chi connectivity index (χ0n) is 6.05. The first kappa shape index (κ1) is 16.2. The molecule has 3 heteroatoms. The van der Waals surface area contributed by atoms with Crippen molar-refractivity contribution in [1.82, 2.24) is 0 Å². The molecule has 0 aromatic rings. The molecule has 0 aliphatic rings. The van der Waals surface area contributed by atoms with Gasteiger partial charge in [0.1, 0.15) is 0 Å². The van der Waals surface area contributed by atoms with Crippen LogP contribution in [0.5, 0.6) is 0 Å². The van der Waals surface area contributed by atoms with E-state index in [1.165, 1.54) is 19.8 Å². The van der Waals surface area contributed by atoms with Gasteiger partial charge in [0, 0.05) is 0 Å². The SMILES string of the molecule is CCC[CH-]O.C[C-]=O.[Mg+2]. The summed E-state index contributed by atoms with van der Waals surface area (Å²) < 4.78 is 0. The predicted octanol–water partition coefficient (Wildman–Crippen LogP) is 1.06. The van der Waals surface area contributed by atoms with Crippen molar-refractivity contribution in [1.29, 1.82) is 0 Å². The number of hydrogen-bond donors (Lipinski definition) is 1. The minimum absolute atomic E-state index is 0. The largest absolute Gasteiger partial charge is 2.00 e. The molecule has 0 amide bonds. The Kier molecular flexibility index (Phi) is 42.8. The molecule has 0 atom stereocenters. The van der Waals surface area contributed by atoms with Gasteiger partial charge in [0.15, 0.2) is 0 Å². The van der Waals surface area contributed by atoms with Gasteiger partial charge in [-0.3, -0.25) is 6.29 Å². The third-order valence-corrected chi connectivity index (χ3v) is 0.418. The van der Waals surface area contributed by atoms with Crippen LogP contribution < -0.4 is 0 Å². The number of aliphatic hydroxyl groups excluding tert-OH is 1. The van der Waals surface area contributed by atoms with Gasteiger partial charge in [-0.15, -0.1) is 0 Å². The van der Waals surface area contributed by atoms with Crippen molar-refractivity contribution in [3.63, 3.8) is 0 Å². The molecule has 0 radical (unpaired) electrons. The van der Waals surface area contributed by atoms with Crippen molar-refractivity contribution in [2.45, 2.75) is 26.7 Å². The molecule has 50 valence electrons. The molecule has 0 heterocycles. The van der Waals surface area contributed by atoms with E-state index in [9.17, 15) is 0 Å². The van der Waals surface area contributed by atoms with Crippen molar-refractivity contribution >= 4 is 29.3 Å². The molecule has 2 nitrogen and oxygen atoms in total. The Morgan fingerprint density at radius 2 is 2.00 bits per heavy atom. The summed E-state index contributed by atoms with van der Waals surface area (Å²) in [4.78, 5) is 8.68. The van der Waals surface area contributed by atoms with Crippen molar-refractivity contribution < 1.29 is 9.90 Å². The average Bonchev–Trinajstić information content (AvgIpc) is 1.71. The minimum atomic E-state index is 0. The Morgan fingerprint density at radius 1 is 1.67 bits per heavy atom. The fraction of sp³-hybridized carbons (Fsp3) is 0.667. The van der Waals surface area contributed by atoms with Gasteiger partial charge in [0.2, 0.25) is 0 Å². The summed E-state index contributed by atoms with van der Waals surface area (Å²) in [7, 11) is 0. The third kappa shape index (κ3) is 59.8. The normalized spacial score (nSPS) is 6.11. The zero-order valence-corrected chi connectivity index (χ0v) is 7.47. The molecule has 0 aromatic carbocycles. The standard InChI is InChI=1S/C4H9O.C2H3O.Mg/c1-2-3-4-5;1-2-3;/h4-5H,2-3H2,1H3;1H3;/q2*-1;+2. The molecule has 0 spiro atoms. The fourth-order valence-corrected chi connectivity index (χ4v) is 0.129. The van der Waals surface area contributed by atoms with Crippen molar-refractivity contribution in [3.8, 4) is 0 Å². The molecule has 0 aromatic heterocycles. The van der Waals surface area contributed by atoms with Gasteiger partial charge >= 0.3 is 23.1 Å². The molecule has 0 saturated heterocycles. The van der Waals surface area contributed by atoms with Crippen LogP contribution in [0.15, 0.2) is 0 Å². The van der Waals surface area contributed by atoms with E-state index in [1.54, 1.807) is 0 Å². The molecule has 0 saturated carbocycles. The molecular weight excluding hydrogens is 128 g/mol. The second-order valence-corrected chi connectivity index (χ2v) is 1.18. The Labute approximate surface area is 72.8 Å². The van der Waals surface area contributed by atoms with Gasteiger partial charge in [-0.1, -0.05) is 13.3 Å². The Bertz CT molecular complexity index is 38.0. The van der Waals surface area contributed by atoms with Crippen LogP contribution in [0, 0.1) is 6.61 Å². The van der Waals surface area contributed by atoms with Crippen LogP contribution >= 0.6 is 0 Å². The Hall–Kier alpha value is 0.396. The Balaban J connectivity index is -0.0000000800. The number of aliphatic hydroxyl groups is 1. The van der Waals surface area contributed by atoms with E-state index < -0.39 is 0 Å². The van der Waals surface area contributed by atoms with Gasteiger partial charge < -0.3 is 9.90 Å². The quantitative estimate of drug-likeness (QED) is 0.460. The summed E-state index contributed by atoms with van der Waals surface area (Å²) in [5, 5.41) is 7.94. The van der Waals surface area contributed by atoms with Gasteiger partial charge in [0.25, 0.3) is 0 Å². The van der Waals surface area contributed by atoms with Crippen molar-refractivity contribution in [2.24, 2.45) is 0 Å². The maximum Gasteiger partial charge on any atom is 2.00 e. The molecular formula is C6H12MgO2. The predicted molar refractivity (Wildman–Crippen MR) is 38.3 cm³/mol. The van der Waals surface area contributed by atoms with Gasteiger partial charge in [-0.05, 0) is 0 Å². The van der Waals surface area contributed by atoms with Crippen LogP contribution in [0.1, 0.15) is 26.7 Å². The van der Waals surface area contributed by atoms with Crippen molar-refractivity contribution in [3.05, 3.63) is 6.61 Å². The van der Waals surface area contributed by atoms with Crippen LogP contribution in [-0.2, 0) is 4.79 Å². The van der Waals surface area contributed by atoms with Crippen LogP contribution in [0.4, 0.5) is 0 Å². The van der Waals surface area contributed by atoms with E-state index in [0.717, 1.165) is 12.8 Å². The number of rotatable bonds is 2. The van der Waals surface area contributed by atoms with Gasteiger partial charge in [-0.25, -0.2) is 6.61 Å². The van der Waals surface area contributed by atoms with Crippen LogP contribution in [0.25, 0.3) is 0 Å². The van der Waals surface area contributed by atoms with Crippen molar-refractivity contribution in [2.75, 3.05) is 0 Å². The molecule has 0 bridgehead atoms. The minimum Gasteiger partial charge on any atom is -0.566 e. The molecule has 0 aliphatic heterocycles. The summed E-state index contributed by atoms with van der Waals surface area (Å²) in [6.07, 6.45) is 3.36. The molecule has 0 unspecified atom stereocenters. The Morgan fingerprint density at radius 3 is 2.00 bits per heavy atom. The number of hydrogen-bond acceptors (Lipinski definition) is 2. The molecule has 0 aliphatic carbocycles. The van der Waals surface area contributed by atoms with E-state index in [-0.39, 0.29) is 23.1 Å². The number of unbranched alkanes of at least 4 members (excludes halogenated alkanes) is 1. The smallest absolute Gasteiger partial charge is 0.566 e. The third-order valence-electron chi connectivity index (χ3n) is 0.418. The first-order valence-corrected chi connectivity index (χ1v) is 2.58. The average molecular weight is 140 g/mol. The molecule has 0 fully saturated rings. The summed E-state index contributed by atoms with van der Waals surface area (Å²) in [6.45, 7) is 4.52. The van der Waals surface area contributed by atoms with Crippen LogP contribution in [0.3, 0.4) is 0 Å². The summed E-state index contributed by atoms with van der Waals surface area (Å²) in [6, 6.07) is 0. The van der Waals surface area contributed by atoms with E-state index in [0.29, 0.717) is 0 Å². The van der Waals surface area contributed by atoms with E-state index in [4.69, 9.17) is 9.90 Å². The fourth-order valence-electron chi connectivity index (χ4n) is 0.129. The number of carbonyl (C=O) groups excluding carboxylic acids is 1. The molecule has 0 rings (SSSR count). The first-order chi connectivity index (χ1) is 3.83. The molecule has 1 N–H and O–H groups in total. The monoisotopic (exact) mass is 140 g/mol. The van der Waals surface area contributed by atoms with E-state index >= 15 is 0 Å². The van der Waals surface area contributed by atoms with E-state index in [2.05, 4.69) is 0 Å². The van der Waals surface area contributed by atoms with E-state index in [1.807, 2.05) is 6.92 Å². The first-order valence-electron chi connectivity index (χ1n) is 2.58. The van der Waals surface area contributed by atoms with Crippen LogP contribution in [-0.4, -0.2) is 34.4 Å². The van der Waals surface area contributed by atoms with Gasteiger partial charge in [-0.2, -0.15) is 13.3 Å². The molecule has 9 heavy (non-hydrogen) atoms. The maximum absolute atomic E-state index is 8.68. The van der Waals surface area contributed by atoms with Gasteiger partial charge in [0.05, 0.1) is 0 Å². The summed E-state index contributed by atoms with van der Waals surface area (Å²) >= 11 is 0. The second kappa shape index (κ2) is 23.8. The second-order valence-electron chi connectivity index (χ2n) is 1.18. The zero-order chi connectivity index (χ0) is 6.83. The topological polar surface area (TPSA) is 37.3 Å². The maximum atomic E-state index is 8.68.